The van der Waals surface area contributed by atoms with E-state index >= 15 is 0 Å². The molecule has 2 rings (SSSR count). The molecule has 2 aromatic carbocycles. The third kappa shape index (κ3) is 4.37. The van der Waals surface area contributed by atoms with E-state index < -0.39 is 5.97 Å². The fourth-order valence-electron chi connectivity index (χ4n) is 1.89. The molecule has 0 atom stereocenters. The highest BCUT2D eigenvalue weighted by Crippen LogP contribution is 2.29. The maximum atomic E-state index is 12.0. The number of halogens is 2. The van der Waals surface area contributed by atoms with Gasteiger partial charge in [-0.15, -0.1) is 0 Å². The molecule has 120 valence electrons. The van der Waals surface area contributed by atoms with Gasteiger partial charge in [0, 0.05) is 0 Å². The van der Waals surface area contributed by atoms with Crippen molar-refractivity contribution < 1.29 is 14.3 Å². The van der Waals surface area contributed by atoms with Crippen LogP contribution in [0.5, 0.6) is 0 Å². The van der Waals surface area contributed by atoms with Crippen LogP contribution < -0.4 is 10.6 Å². The van der Waals surface area contributed by atoms with E-state index in [9.17, 15) is 9.59 Å². The molecule has 0 aromatic heterocycles. The molecule has 7 heteroatoms. The Hall–Kier alpha value is -2.24. The summed E-state index contributed by atoms with van der Waals surface area (Å²) in [5.74, 6) is -0.857. The number of esters is 1. The first-order valence-electron chi connectivity index (χ1n) is 6.68. The first-order valence-corrected chi connectivity index (χ1v) is 7.43. The Morgan fingerprint density at radius 1 is 1.04 bits per heavy atom. The van der Waals surface area contributed by atoms with Crippen LogP contribution in [0.4, 0.5) is 11.4 Å². The first kappa shape index (κ1) is 17.1. The maximum Gasteiger partial charge on any atom is 0.339 e. The first-order chi connectivity index (χ1) is 11.0. The molecule has 2 N–H and O–H groups in total. The minimum atomic E-state index is -0.522. The molecule has 0 saturated heterocycles. The fourth-order valence-corrected chi connectivity index (χ4v) is 2.26. The molecule has 0 unspecified atom stereocenters. The number of carbonyl (C=O) groups excluding carboxylic acids is 2. The van der Waals surface area contributed by atoms with E-state index in [2.05, 4.69) is 15.4 Å². The zero-order valence-corrected chi connectivity index (χ0v) is 13.7. The summed E-state index contributed by atoms with van der Waals surface area (Å²) in [4.78, 5) is 23.7. The fraction of sp³-hybridized carbons (Fsp3) is 0.125. The molecule has 0 aliphatic heterocycles. The number of benzene rings is 2. The van der Waals surface area contributed by atoms with Gasteiger partial charge < -0.3 is 15.4 Å². The molecule has 0 aliphatic rings. The average molecular weight is 353 g/mol. The second kappa shape index (κ2) is 7.85. The lowest BCUT2D eigenvalue weighted by Gasteiger charge is -2.11. The summed E-state index contributed by atoms with van der Waals surface area (Å²) in [5, 5.41) is 6.28. The Kier molecular flexibility index (Phi) is 5.84. The van der Waals surface area contributed by atoms with Gasteiger partial charge in [-0.05, 0) is 24.3 Å². The van der Waals surface area contributed by atoms with Crippen molar-refractivity contribution in [3.63, 3.8) is 0 Å². The highest BCUT2D eigenvalue weighted by Gasteiger charge is 2.13. The predicted octanol–water partition coefficient (Wildman–Crippen LogP) is 3.83. The second-order valence-electron chi connectivity index (χ2n) is 4.54. The Labute approximate surface area is 143 Å². The number of amides is 1. The molecule has 0 spiro atoms. The van der Waals surface area contributed by atoms with Gasteiger partial charge in [0.2, 0.25) is 5.91 Å². The van der Waals surface area contributed by atoms with Crippen LogP contribution in [0.2, 0.25) is 10.0 Å². The topological polar surface area (TPSA) is 67.4 Å². The van der Waals surface area contributed by atoms with E-state index in [1.54, 1.807) is 42.5 Å². The number of hydrogen-bond donors (Lipinski definition) is 2. The highest BCUT2D eigenvalue weighted by molar-refractivity contribution is 6.43. The van der Waals surface area contributed by atoms with Crippen molar-refractivity contribution >= 4 is 46.5 Å². The van der Waals surface area contributed by atoms with Crippen LogP contribution in [-0.4, -0.2) is 25.5 Å². The minimum Gasteiger partial charge on any atom is -0.465 e. The monoisotopic (exact) mass is 352 g/mol. The highest BCUT2D eigenvalue weighted by atomic mass is 35.5. The Bertz CT molecular complexity index is 735. The smallest absolute Gasteiger partial charge is 0.339 e. The van der Waals surface area contributed by atoms with Crippen LogP contribution in [0, 0.1) is 0 Å². The summed E-state index contributed by atoms with van der Waals surface area (Å²) in [6, 6.07) is 11.7. The SMILES string of the molecule is COC(=O)c1ccccc1NC(=O)CNc1cccc(Cl)c1Cl. The van der Waals surface area contributed by atoms with Gasteiger partial charge >= 0.3 is 5.97 Å². The zero-order valence-electron chi connectivity index (χ0n) is 12.2. The molecule has 5 nitrogen and oxygen atoms in total. The molecule has 23 heavy (non-hydrogen) atoms. The van der Waals surface area contributed by atoms with Crippen LogP contribution in [0.25, 0.3) is 0 Å². The molecule has 0 aliphatic carbocycles. The largest absolute Gasteiger partial charge is 0.465 e. The molecule has 0 fully saturated rings. The van der Waals surface area contributed by atoms with Gasteiger partial charge in [0.05, 0.1) is 40.6 Å². The Morgan fingerprint density at radius 2 is 1.74 bits per heavy atom. The van der Waals surface area contributed by atoms with Crippen LogP contribution in [-0.2, 0) is 9.53 Å². The number of nitrogens with one attached hydrogen (secondary N) is 2. The summed E-state index contributed by atoms with van der Waals surface area (Å²) in [7, 11) is 1.28. The maximum absolute atomic E-state index is 12.0. The number of carbonyl (C=O) groups is 2. The minimum absolute atomic E-state index is 0.0322. The molecular formula is C16H14Cl2N2O3. The number of anilines is 2. The standard InChI is InChI=1S/C16H14Cl2N2O3/c1-23-16(22)10-5-2-3-7-12(10)20-14(21)9-19-13-8-4-6-11(17)15(13)18/h2-8,19H,9H2,1H3,(H,20,21). The van der Waals surface area contributed by atoms with Gasteiger partial charge in [-0.3, -0.25) is 4.79 Å². The van der Waals surface area contributed by atoms with Crippen LogP contribution >= 0.6 is 23.2 Å². The summed E-state index contributed by atoms with van der Waals surface area (Å²) >= 11 is 11.9. The van der Waals surface area contributed by atoms with E-state index in [1.807, 2.05) is 0 Å². The van der Waals surface area contributed by atoms with Crippen molar-refractivity contribution in [3.8, 4) is 0 Å². The lowest BCUT2D eigenvalue weighted by molar-refractivity contribution is -0.114. The van der Waals surface area contributed by atoms with Crippen molar-refractivity contribution in [2.24, 2.45) is 0 Å². The molecule has 2 aromatic rings. The Morgan fingerprint density at radius 3 is 2.48 bits per heavy atom. The number of ether oxygens (including phenoxy) is 1. The van der Waals surface area contributed by atoms with Gasteiger partial charge in [-0.2, -0.15) is 0 Å². The summed E-state index contributed by atoms with van der Waals surface area (Å²) in [6.45, 7) is -0.0322. The molecule has 1 amide bonds. The molecule has 0 heterocycles. The average Bonchev–Trinajstić information content (AvgIpc) is 2.56. The molecule has 0 radical (unpaired) electrons. The van der Waals surface area contributed by atoms with Gasteiger partial charge in [0.15, 0.2) is 0 Å². The lowest BCUT2D eigenvalue weighted by Crippen LogP contribution is -2.23. The Balaban J connectivity index is 2.03. The summed E-state index contributed by atoms with van der Waals surface area (Å²) < 4.78 is 4.68. The lowest BCUT2D eigenvalue weighted by atomic mass is 10.2. The van der Waals surface area contributed by atoms with E-state index in [0.717, 1.165) is 0 Å². The van der Waals surface area contributed by atoms with Gasteiger partial charge in [-0.1, -0.05) is 41.4 Å². The van der Waals surface area contributed by atoms with E-state index in [0.29, 0.717) is 21.4 Å². The third-order valence-electron chi connectivity index (χ3n) is 3.00. The van der Waals surface area contributed by atoms with Crippen molar-refractivity contribution in [1.29, 1.82) is 0 Å². The van der Waals surface area contributed by atoms with Crippen molar-refractivity contribution in [3.05, 3.63) is 58.1 Å². The second-order valence-corrected chi connectivity index (χ2v) is 5.33. The van der Waals surface area contributed by atoms with E-state index in [1.165, 1.54) is 7.11 Å². The molecular weight excluding hydrogens is 339 g/mol. The molecule has 0 saturated carbocycles. The van der Waals surface area contributed by atoms with Crippen LogP contribution in [0.15, 0.2) is 42.5 Å². The number of para-hydroxylation sites is 1. The summed E-state index contributed by atoms with van der Waals surface area (Å²) in [5.41, 5.74) is 1.21. The quantitative estimate of drug-likeness (QED) is 0.802. The number of hydrogen-bond acceptors (Lipinski definition) is 4. The van der Waals surface area contributed by atoms with Gasteiger partial charge in [0.1, 0.15) is 0 Å². The van der Waals surface area contributed by atoms with Gasteiger partial charge in [0.25, 0.3) is 0 Å². The normalized spacial score (nSPS) is 10.0. The van der Waals surface area contributed by atoms with Crippen molar-refractivity contribution in [1.82, 2.24) is 0 Å². The zero-order chi connectivity index (χ0) is 16.8. The summed E-state index contributed by atoms with van der Waals surface area (Å²) in [6.07, 6.45) is 0. The van der Waals surface area contributed by atoms with Crippen LogP contribution in [0.1, 0.15) is 10.4 Å². The predicted molar refractivity (Wildman–Crippen MR) is 91.4 cm³/mol. The molecule has 0 bridgehead atoms. The third-order valence-corrected chi connectivity index (χ3v) is 3.82. The number of methoxy groups -OCH3 is 1. The van der Waals surface area contributed by atoms with Crippen molar-refractivity contribution in [2.45, 2.75) is 0 Å². The van der Waals surface area contributed by atoms with Crippen molar-refractivity contribution in [2.75, 3.05) is 24.3 Å². The van der Waals surface area contributed by atoms with E-state index in [4.69, 9.17) is 23.2 Å². The van der Waals surface area contributed by atoms with Crippen LogP contribution in [0.3, 0.4) is 0 Å². The van der Waals surface area contributed by atoms with Gasteiger partial charge in [-0.25, -0.2) is 4.79 Å². The van der Waals surface area contributed by atoms with E-state index in [-0.39, 0.29) is 18.0 Å². The number of rotatable bonds is 5.